The van der Waals surface area contributed by atoms with Crippen molar-refractivity contribution in [3.05, 3.63) is 27.6 Å². The molecule has 0 radical (unpaired) electrons. The van der Waals surface area contributed by atoms with Crippen LogP contribution >= 0.6 is 11.3 Å². The van der Waals surface area contributed by atoms with E-state index in [9.17, 15) is 9.59 Å². The molecule has 0 fully saturated rings. The van der Waals surface area contributed by atoms with E-state index >= 15 is 0 Å². The van der Waals surface area contributed by atoms with E-state index in [0.29, 0.717) is 23.0 Å². The second kappa shape index (κ2) is 7.36. The molecule has 124 valence electrons. The lowest BCUT2D eigenvalue weighted by Crippen LogP contribution is -2.15. The van der Waals surface area contributed by atoms with E-state index in [4.69, 9.17) is 9.26 Å². The summed E-state index contributed by atoms with van der Waals surface area (Å²) in [5.74, 6) is -0.0951. The fraction of sp³-hybridized carbons (Fsp3) is 0.467. The smallest absolute Gasteiger partial charge is 0.357 e. The van der Waals surface area contributed by atoms with Crippen molar-refractivity contribution in [2.45, 2.75) is 40.0 Å². The number of rotatable bonds is 6. The van der Waals surface area contributed by atoms with Gasteiger partial charge in [-0.15, -0.1) is 11.3 Å². The summed E-state index contributed by atoms with van der Waals surface area (Å²) in [7, 11) is 1.31. The zero-order valence-corrected chi connectivity index (χ0v) is 14.4. The van der Waals surface area contributed by atoms with Gasteiger partial charge in [0.2, 0.25) is 5.91 Å². The predicted octanol–water partition coefficient (Wildman–Crippen LogP) is 2.67. The Bertz CT molecular complexity index is 701. The number of hydrogen-bond acceptors (Lipinski definition) is 7. The first-order valence-electron chi connectivity index (χ1n) is 7.25. The maximum Gasteiger partial charge on any atom is 0.357 e. The number of hydrogen-bond donors (Lipinski definition) is 1. The Hall–Kier alpha value is -2.22. The van der Waals surface area contributed by atoms with Crippen LogP contribution in [0.25, 0.3) is 0 Å². The number of aromatic nitrogens is 2. The topological polar surface area (TPSA) is 94.3 Å². The lowest BCUT2D eigenvalue weighted by Gasteiger charge is -2.01. The molecule has 0 unspecified atom stereocenters. The second-order valence-corrected chi connectivity index (χ2v) is 6.14. The number of aryl methyl sites for hydroxylation is 3. The van der Waals surface area contributed by atoms with Crippen LogP contribution in [0, 0.1) is 13.8 Å². The molecule has 23 heavy (non-hydrogen) atoms. The molecule has 0 saturated carbocycles. The van der Waals surface area contributed by atoms with Crippen molar-refractivity contribution >= 4 is 28.3 Å². The Morgan fingerprint density at radius 3 is 2.65 bits per heavy atom. The highest BCUT2D eigenvalue weighted by Gasteiger charge is 2.20. The minimum Gasteiger partial charge on any atom is -0.464 e. The van der Waals surface area contributed by atoms with Crippen molar-refractivity contribution in [1.29, 1.82) is 0 Å². The van der Waals surface area contributed by atoms with Gasteiger partial charge in [0, 0.05) is 10.4 Å². The van der Waals surface area contributed by atoms with Crippen molar-refractivity contribution in [3.63, 3.8) is 0 Å². The summed E-state index contributed by atoms with van der Waals surface area (Å²) in [5.41, 5.74) is 1.73. The molecule has 2 heterocycles. The summed E-state index contributed by atoms with van der Waals surface area (Å²) in [4.78, 5) is 28.9. The third-order valence-corrected chi connectivity index (χ3v) is 4.35. The van der Waals surface area contributed by atoms with Crippen molar-refractivity contribution in [1.82, 2.24) is 10.1 Å². The molecule has 0 aliphatic heterocycles. The van der Waals surface area contributed by atoms with E-state index in [0.717, 1.165) is 16.9 Å². The summed E-state index contributed by atoms with van der Waals surface area (Å²) in [5, 5.41) is 6.94. The summed E-state index contributed by atoms with van der Waals surface area (Å²) < 4.78 is 9.77. The molecular formula is C15H19N3O4S. The van der Waals surface area contributed by atoms with Crippen molar-refractivity contribution in [2.75, 3.05) is 12.4 Å². The van der Waals surface area contributed by atoms with E-state index in [1.54, 1.807) is 13.8 Å². The first kappa shape index (κ1) is 17.1. The van der Waals surface area contributed by atoms with Crippen molar-refractivity contribution < 1.29 is 18.8 Å². The van der Waals surface area contributed by atoms with Crippen LogP contribution in [0.2, 0.25) is 0 Å². The minimum atomic E-state index is -0.490. The quantitative estimate of drug-likeness (QED) is 0.814. The fourth-order valence-electron chi connectivity index (χ4n) is 2.14. The molecule has 0 saturated heterocycles. The summed E-state index contributed by atoms with van der Waals surface area (Å²) >= 11 is 1.29. The average molecular weight is 337 g/mol. The maximum absolute atomic E-state index is 12.2. The van der Waals surface area contributed by atoms with E-state index in [2.05, 4.69) is 15.5 Å². The van der Waals surface area contributed by atoms with E-state index in [1.807, 2.05) is 6.92 Å². The number of amides is 1. The molecule has 2 aromatic heterocycles. The zero-order chi connectivity index (χ0) is 17.0. The number of nitrogens with zero attached hydrogens (tertiary/aromatic N) is 2. The number of carbonyl (C=O) groups excluding carboxylic acids is 2. The summed E-state index contributed by atoms with van der Waals surface area (Å²) in [6.45, 7) is 5.56. The normalized spacial score (nSPS) is 10.6. The molecule has 0 aliphatic carbocycles. The van der Waals surface area contributed by atoms with Crippen LogP contribution in [0.15, 0.2) is 4.52 Å². The van der Waals surface area contributed by atoms with Crippen molar-refractivity contribution in [2.24, 2.45) is 0 Å². The molecule has 1 amide bonds. The SMILES string of the molecule is CCCc1sc(NC(=O)Cc2c(C)noc2C)nc1C(=O)OC. The van der Waals surface area contributed by atoms with E-state index < -0.39 is 5.97 Å². The average Bonchev–Trinajstić information content (AvgIpc) is 3.05. The van der Waals surface area contributed by atoms with Crippen LogP contribution in [0.1, 0.15) is 45.7 Å². The molecule has 7 nitrogen and oxygen atoms in total. The molecule has 8 heteroatoms. The van der Waals surface area contributed by atoms with Gasteiger partial charge in [0.05, 0.1) is 19.2 Å². The molecular weight excluding hydrogens is 318 g/mol. The molecule has 0 aromatic carbocycles. The number of anilines is 1. The van der Waals surface area contributed by atoms with Gasteiger partial charge in [-0.3, -0.25) is 4.79 Å². The fourth-order valence-corrected chi connectivity index (χ4v) is 3.20. The molecule has 0 atom stereocenters. The summed E-state index contributed by atoms with van der Waals surface area (Å²) in [6, 6.07) is 0. The highest BCUT2D eigenvalue weighted by molar-refractivity contribution is 7.16. The van der Waals surface area contributed by atoms with Gasteiger partial charge in [-0.05, 0) is 20.3 Å². The van der Waals surface area contributed by atoms with Gasteiger partial charge in [0.15, 0.2) is 10.8 Å². The van der Waals surface area contributed by atoms with Gasteiger partial charge in [-0.25, -0.2) is 9.78 Å². The van der Waals surface area contributed by atoms with Crippen LogP contribution in [0.5, 0.6) is 0 Å². The largest absolute Gasteiger partial charge is 0.464 e. The molecule has 0 aliphatic rings. The first-order valence-corrected chi connectivity index (χ1v) is 8.07. The lowest BCUT2D eigenvalue weighted by atomic mass is 10.1. The van der Waals surface area contributed by atoms with Gasteiger partial charge in [0.25, 0.3) is 0 Å². The number of ether oxygens (including phenoxy) is 1. The highest BCUT2D eigenvalue weighted by atomic mass is 32.1. The Morgan fingerprint density at radius 2 is 2.09 bits per heavy atom. The Balaban J connectivity index is 2.13. The van der Waals surface area contributed by atoms with Crippen LogP contribution in [0.3, 0.4) is 0 Å². The second-order valence-electron chi connectivity index (χ2n) is 5.06. The maximum atomic E-state index is 12.2. The van der Waals surface area contributed by atoms with Crippen molar-refractivity contribution in [3.8, 4) is 0 Å². The number of carbonyl (C=O) groups is 2. The molecule has 2 aromatic rings. The number of thiazole rings is 1. The molecule has 2 rings (SSSR count). The van der Waals surface area contributed by atoms with Crippen LogP contribution in [-0.2, 0) is 22.4 Å². The summed E-state index contributed by atoms with van der Waals surface area (Å²) in [6.07, 6.45) is 1.73. The Kier molecular flexibility index (Phi) is 5.49. The zero-order valence-electron chi connectivity index (χ0n) is 13.6. The van der Waals surface area contributed by atoms with E-state index in [1.165, 1.54) is 18.4 Å². The Morgan fingerprint density at radius 1 is 1.35 bits per heavy atom. The van der Waals surface area contributed by atoms with Crippen LogP contribution in [0.4, 0.5) is 5.13 Å². The predicted molar refractivity (Wildman–Crippen MR) is 85.8 cm³/mol. The Labute approximate surface area is 138 Å². The van der Waals surface area contributed by atoms with Gasteiger partial charge < -0.3 is 14.6 Å². The lowest BCUT2D eigenvalue weighted by molar-refractivity contribution is -0.115. The van der Waals surface area contributed by atoms with Gasteiger partial charge in [-0.1, -0.05) is 18.5 Å². The van der Waals surface area contributed by atoms with Crippen LogP contribution < -0.4 is 5.32 Å². The van der Waals surface area contributed by atoms with Gasteiger partial charge in [-0.2, -0.15) is 0 Å². The van der Waals surface area contributed by atoms with E-state index in [-0.39, 0.29) is 18.0 Å². The minimum absolute atomic E-state index is 0.150. The number of methoxy groups -OCH3 is 1. The molecule has 1 N–H and O–H groups in total. The molecule has 0 bridgehead atoms. The number of nitrogens with one attached hydrogen (secondary N) is 1. The third kappa shape index (κ3) is 3.95. The van der Waals surface area contributed by atoms with Gasteiger partial charge in [0.1, 0.15) is 5.76 Å². The monoisotopic (exact) mass is 337 g/mol. The highest BCUT2D eigenvalue weighted by Crippen LogP contribution is 2.25. The van der Waals surface area contributed by atoms with Gasteiger partial charge >= 0.3 is 5.97 Å². The molecule has 0 spiro atoms. The third-order valence-electron chi connectivity index (χ3n) is 3.32. The number of esters is 1. The van der Waals surface area contributed by atoms with Crippen LogP contribution in [-0.4, -0.2) is 29.1 Å². The standard InChI is InChI=1S/C15H19N3O4S/c1-5-6-11-13(14(20)21-4)17-15(23-11)16-12(19)7-10-8(2)18-22-9(10)3/h5-7H2,1-4H3,(H,16,17,19). The first-order chi connectivity index (χ1) is 11.0.